The molecule has 0 aromatic heterocycles. The number of hydrogen-bond donors (Lipinski definition) is 1. The number of hydrogen-bond acceptors (Lipinski definition) is 3. The zero-order chi connectivity index (χ0) is 16.6. The van der Waals surface area contributed by atoms with Crippen LogP contribution in [-0.2, 0) is 9.84 Å². The summed E-state index contributed by atoms with van der Waals surface area (Å²) in [6.07, 6.45) is 5.00. The SMILES string of the molecule is CCCCC(CC)CS(=O)(=O)c1cccc(C(C)CCN)c1. The van der Waals surface area contributed by atoms with Crippen molar-refractivity contribution in [1.82, 2.24) is 0 Å². The second-order valence-electron chi connectivity index (χ2n) is 6.25. The fourth-order valence-corrected chi connectivity index (χ4v) is 4.55. The molecule has 1 aromatic rings. The lowest BCUT2D eigenvalue weighted by Gasteiger charge is -2.16. The molecule has 0 radical (unpaired) electrons. The van der Waals surface area contributed by atoms with E-state index >= 15 is 0 Å². The molecule has 0 aliphatic carbocycles. The minimum atomic E-state index is -3.20. The Balaban J connectivity index is 2.90. The summed E-state index contributed by atoms with van der Waals surface area (Å²) >= 11 is 0. The summed E-state index contributed by atoms with van der Waals surface area (Å²) < 4.78 is 25.3. The minimum absolute atomic E-state index is 0.259. The Bertz CT molecular complexity index is 540. The van der Waals surface area contributed by atoms with E-state index in [4.69, 9.17) is 5.73 Å². The number of nitrogens with two attached hydrogens (primary N) is 1. The lowest BCUT2D eigenvalue weighted by atomic mass is 9.98. The van der Waals surface area contributed by atoms with Gasteiger partial charge in [0.2, 0.25) is 0 Å². The van der Waals surface area contributed by atoms with Gasteiger partial charge in [0.1, 0.15) is 0 Å². The van der Waals surface area contributed by atoms with Gasteiger partial charge in [0.05, 0.1) is 10.6 Å². The third-order valence-electron chi connectivity index (χ3n) is 4.38. The highest BCUT2D eigenvalue weighted by Gasteiger charge is 2.21. The van der Waals surface area contributed by atoms with E-state index in [0.717, 1.165) is 37.7 Å². The quantitative estimate of drug-likeness (QED) is 0.703. The van der Waals surface area contributed by atoms with E-state index in [1.807, 2.05) is 18.2 Å². The smallest absolute Gasteiger partial charge is 0.178 e. The zero-order valence-electron chi connectivity index (χ0n) is 14.2. The van der Waals surface area contributed by atoms with Gasteiger partial charge in [-0.15, -0.1) is 0 Å². The first-order chi connectivity index (χ1) is 10.4. The van der Waals surface area contributed by atoms with Crippen LogP contribution >= 0.6 is 0 Å². The van der Waals surface area contributed by atoms with Crippen molar-refractivity contribution in [2.24, 2.45) is 11.7 Å². The van der Waals surface area contributed by atoms with Gasteiger partial charge in [-0.2, -0.15) is 0 Å². The van der Waals surface area contributed by atoms with E-state index in [9.17, 15) is 8.42 Å². The standard InChI is InChI=1S/C18H31NO2S/c1-4-6-8-16(5-2)14-22(20,21)18-10-7-9-17(13-18)15(3)11-12-19/h7,9-10,13,15-16H,4-6,8,11-12,14,19H2,1-3H3. The Morgan fingerprint density at radius 1 is 1.18 bits per heavy atom. The molecule has 0 aliphatic heterocycles. The molecule has 2 atom stereocenters. The number of unbranched alkanes of at least 4 members (excludes halogenated alkanes) is 1. The van der Waals surface area contributed by atoms with Gasteiger partial charge < -0.3 is 5.73 Å². The first-order valence-corrected chi connectivity index (χ1v) is 10.1. The van der Waals surface area contributed by atoms with Crippen molar-refractivity contribution in [2.75, 3.05) is 12.3 Å². The monoisotopic (exact) mass is 325 g/mol. The molecule has 22 heavy (non-hydrogen) atoms. The van der Waals surface area contributed by atoms with Crippen LogP contribution in [0.1, 0.15) is 64.4 Å². The minimum Gasteiger partial charge on any atom is -0.330 e. The Morgan fingerprint density at radius 2 is 1.91 bits per heavy atom. The predicted octanol–water partition coefficient (Wildman–Crippen LogP) is 4.13. The Labute approximate surface area is 136 Å². The average Bonchev–Trinajstić information content (AvgIpc) is 2.51. The third-order valence-corrected chi connectivity index (χ3v) is 6.27. The van der Waals surface area contributed by atoms with Crippen molar-refractivity contribution in [3.8, 4) is 0 Å². The van der Waals surface area contributed by atoms with Crippen LogP contribution in [-0.4, -0.2) is 20.7 Å². The van der Waals surface area contributed by atoms with E-state index in [1.165, 1.54) is 0 Å². The molecule has 0 aliphatic rings. The van der Waals surface area contributed by atoms with Crippen molar-refractivity contribution in [3.05, 3.63) is 29.8 Å². The van der Waals surface area contributed by atoms with E-state index in [2.05, 4.69) is 20.8 Å². The van der Waals surface area contributed by atoms with Crippen LogP contribution in [0.3, 0.4) is 0 Å². The van der Waals surface area contributed by atoms with Gasteiger partial charge in [-0.25, -0.2) is 8.42 Å². The van der Waals surface area contributed by atoms with E-state index in [1.54, 1.807) is 6.07 Å². The molecular weight excluding hydrogens is 294 g/mol. The molecule has 0 spiro atoms. The maximum absolute atomic E-state index is 12.7. The maximum Gasteiger partial charge on any atom is 0.178 e. The van der Waals surface area contributed by atoms with E-state index < -0.39 is 9.84 Å². The number of sulfone groups is 1. The normalized spacial score (nSPS) is 14.7. The van der Waals surface area contributed by atoms with Gasteiger partial charge in [0, 0.05) is 0 Å². The topological polar surface area (TPSA) is 60.2 Å². The van der Waals surface area contributed by atoms with Crippen LogP contribution < -0.4 is 5.73 Å². The molecule has 1 aromatic carbocycles. The van der Waals surface area contributed by atoms with Gasteiger partial charge in [-0.05, 0) is 48.9 Å². The Morgan fingerprint density at radius 3 is 2.50 bits per heavy atom. The van der Waals surface area contributed by atoms with Gasteiger partial charge in [-0.1, -0.05) is 52.2 Å². The summed E-state index contributed by atoms with van der Waals surface area (Å²) in [5.74, 6) is 0.815. The fourth-order valence-electron chi connectivity index (χ4n) is 2.74. The van der Waals surface area contributed by atoms with E-state index in [0.29, 0.717) is 17.4 Å². The average molecular weight is 326 g/mol. The third kappa shape index (κ3) is 5.73. The van der Waals surface area contributed by atoms with Gasteiger partial charge >= 0.3 is 0 Å². The summed E-state index contributed by atoms with van der Waals surface area (Å²) in [6.45, 7) is 6.93. The van der Waals surface area contributed by atoms with Crippen molar-refractivity contribution in [2.45, 2.75) is 63.7 Å². The van der Waals surface area contributed by atoms with Crippen LogP contribution in [0.4, 0.5) is 0 Å². The molecule has 0 bridgehead atoms. The first kappa shape index (κ1) is 19.2. The molecule has 0 amide bonds. The number of rotatable bonds is 10. The molecule has 0 saturated heterocycles. The van der Waals surface area contributed by atoms with Crippen molar-refractivity contribution >= 4 is 9.84 Å². The summed E-state index contributed by atoms with van der Waals surface area (Å²) in [5.41, 5.74) is 6.67. The van der Waals surface area contributed by atoms with Crippen LogP contribution in [0.5, 0.6) is 0 Å². The molecule has 126 valence electrons. The molecule has 1 rings (SSSR count). The van der Waals surface area contributed by atoms with Crippen molar-refractivity contribution < 1.29 is 8.42 Å². The van der Waals surface area contributed by atoms with E-state index in [-0.39, 0.29) is 11.7 Å². The lowest BCUT2D eigenvalue weighted by molar-refractivity contribution is 0.483. The Hall–Kier alpha value is -0.870. The van der Waals surface area contributed by atoms with Crippen molar-refractivity contribution in [3.63, 3.8) is 0 Å². The first-order valence-electron chi connectivity index (χ1n) is 8.47. The largest absolute Gasteiger partial charge is 0.330 e. The highest BCUT2D eigenvalue weighted by atomic mass is 32.2. The van der Waals surface area contributed by atoms with Gasteiger partial charge in [0.25, 0.3) is 0 Å². The molecule has 2 unspecified atom stereocenters. The summed E-state index contributed by atoms with van der Waals surface area (Å²) in [6, 6.07) is 7.40. The Kier molecular flexibility index (Phi) is 8.12. The molecular formula is C18H31NO2S. The molecule has 3 nitrogen and oxygen atoms in total. The van der Waals surface area contributed by atoms with Crippen LogP contribution in [0.25, 0.3) is 0 Å². The lowest BCUT2D eigenvalue weighted by Crippen LogP contribution is -2.16. The second-order valence-corrected chi connectivity index (χ2v) is 8.28. The molecule has 0 saturated carbocycles. The summed E-state index contributed by atoms with van der Waals surface area (Å²) in [5, 5.41) is 0. The summed E-state index contributed by atoms with van der Waals surface area (Å²) in [4.78, 5) is 0.462. The van der Waals surface area contributed by atoms with Gasteiger partial charge in [0.15, 0.2) is 9.84 Å². The van der Waals surface area contributed by atoms with Gasteiger partial charge in [-0.3, -0.25) is 0 Å². The fraction of sp³-hybridized carbons (Fsp3) is 0.667. The summed E-state index contributed by atoms with van der Waals surface area (Å²) in [7, 11) is -3.20. The second kappa shape index (κ2) is 9.31. The molecule has 0 heterocycles. The van der Waals surface area contributed by atoms with Crippen LogP contribution in [0.2, 0.25) is 0 Å². The maximum atomic E-state index is 12.7. The van der Waals surface area contributed by atoms with Crippen LogP contribution in [0, 0.1) is 5.92 Å². The molecule has 4 heteroatoms. The highest BCUT2D eigenvalue weighted by molar-refractivity contribution is 7.91. The van der Waals surface area contributed by atoms with Crippen LogP contribution in [0.15, 0.2) is 29.2 Å². The molecule has 0 fully saturated rings. The predicted molar refractivity (Wildman–Crippen MR) is 93.9 cm³/mol. The zero-order valence-corrected chi connectivity index (χ0v) is 15.0. The molecule has 2 N–H and O–H groups in total. The number of benzene rings is 1. The highest BCUT2D eigenvalue weighted by Crippen LogP contribution is 2.24. The van der Waals surface area contributed by atoms with Crippen molar-refractivity contribution in [1.29, 1.82) is 0 Å².